The molecule has 0 saturated heterocycles. The lowest BCUT2D eigenvalue weighted by atomic mass is 9.82. The molecule has 1 atom stereocenters. The van der Waals surface area contributed by atoms with Gasteiger partial charge >= 0.3 is 0 Å². The monoisotopic (exact) mass is 154 g/mol. The lowest BCUT2D eigenvalue weighted by Gasteiger charge is -2.29. The molecule has 0 bridgehead atoms. The second kappa shape index (κ2) is 3.58. The average molecular weight is 154 g/mol. The average Bonchev–Trinajstić information content (AvgIpc) is 1.88. The standard InChI is InChI=1S/C9H18N2/c1-5-6-8(11)9(3,4)7(2)10/h5-7H,1,10-11H2,2-4H3/b8-6-/t7-/m0/s1. The summed E-state index contributed by atoms with van der Waals surface area (Å²) in [6.07, 6.45) is 3.48. The highest BCUT2D eigenvalue weighted by Gasteiger charge is 2.25. The Hall–Kier alpha value is -0.760. The number of hydrogen-bond acceptors (Lipinski definition) is 2. The van der Waals surface area contributed by atoms with Crippen LogP contribution in [0.1, 0.15) is 20.8 Å². The number of rotatable bonds is 3. The number of nitrogens with two attached hydrogens (primary N) is 2. The second-order valence-electron chi connectivity index (χ2n) is 3.37. The highest BCUT2D eigenvalue weighted by Crippen LogP contribution is 2.25. The van der Waals surface area contributed by atoms with Gasteiger partial charge < -0.3 is 11.5 Å². The van der Waals surface area contributed by atoms with E-state index in [0.717, 1.165) is 5.70 Å². The van der Waals surface area contributed by atoms with Gasteiger partial charge in [0, 0.05) is 17.2 Å². The number of allylic oxidation sites excluding steroid dienone is 2. The maximum atomic E-state index is 5.77. The van der Waals surface area contributed by atoms with E-state index in [-0.39, 0.29) is 11.5 Å². The van der Waals surface area contributed by atoms with Gasteiger partial charge in [-0.3, -0.25) is 0 Å². The molecule has 0 aromatic rings. The third kappa shape index (κ3) is 2.39. The van der Waals surface area contributed by atoms with Crippen molar-refractivity contribution in [3.8, 4) is 0 Å². The van der Waals surface area contributed by atoms with Crippen molar-refractivity contribution in [3.63, 3.8) is 0 Å². The van der Waals surface area contributed by atoms with Gasteiger partial charge in [-0.2, -0.15) is 0 Å². The molecular weight excluding hydrogens is 136 g/mol. The van der Waals surface area contributed by atoms with Gasteiger partial charge in [0.2, 0.25) is 0 Å². The van der Waals surface area contributed by atoms with Gasteiger partial charge in [0.15, 0.2) is 0 Å². The van der Waals surface area contributed by atoms with Crippen molar-refractivity contribution >= 4 is 0 Å². The zero-order chi connectivity index (χ0) is 9.07. The lowest BCUT2D eigenvalue weighted by Crippen LogP contribution is -2.38. The Bertz CT molecular complexity index is 166. The molecule has 0 saturated carbocycles. The van der Waals surface area contributed by atoms with Gasteiger partial charge in [0.25, 0.3) is 0 Å². The lowest BCUT2D eigenvalue weighted by molar-refractivity contribution is 0.364. The van der Waals surface area contributed by atoms with Crippen LogP contribution in [0.5, 0.6) is 0 Å². The summed E-state index contributed by atoms with van der Waals surface area (Å²) in [4.78, 5) is 0. The fourth-order valence-corrected chi connectivity index (χ4v) is 0.605. The van der Waals surface area contributed by atoms with Crippen molar-refractivity contribution in [2.24, 2.45) is 16.9 Å². The molecule has 2 nitrogen and oxygen atoms in total. The van der Waals surface area contributed by atoms with E-state index in [2.05, 4.69) is 6.58 Å². The maximum Gasteiger partial charge on any atom is 0.0190 e. The maximum absolute atomic E-state index is 5.77. The highest BCUT2D eigenvalue weighted by atomic mass is 14.7. The molecule has 4 N–H and O–H groups in total. The van der Waals surface area contributed by atoms with Crippen LogP contribution < -0.4 is 11.5 Å². The van der Waals surface area contributed by atoms with E-state index in [1.54, 1.807) is 12.2 Å². The summed E-state index contributed by atoms with van der Waals surface area (Å²) in [7, 11) is 0. The predicted molar refractivity (Wildman–Crippen MR) is 49.9 cm³/mol. The third-order valence-electron chi connectivity index (χ3n) is 2.18. The molecule has 0 spiro atoms. The van der Waals surface area contributed by atoms with E-state index >= 15 is 0 Å². The smallest absolute Gasteiger partial charge is 0.0190 e. The van der Waals surface area contributed by atoms with Crippen LogP contribution in [-0.4, -0.2) is 6.04 Å². The summed E-state index contributed by atoms with van der Waals surface area (Å²) >= 11 is 0. The van der Waals surface area contributed by atoms with Crippen LogP contribution in [0.3, 0.4) is 0 Å². The first-order valence-electron chi connectivity index (χ1n) is 3.77. The topological polar surface area (TPSA) is 52.0 Å². The molecule has 0 aromatic carbocycles. The molecule has 0 rings (SSSR count). The SMILES string of the molecule is C=C/C=C(\N)C(C)(C)[C@H](C)N. The Morgan fingerprint density at radius 2 is 2.00 bits per heavy atom. The zero-order valence-electron chi connectivity index (χ0n) is 7.59. The van der Waals surface area contributed by atoms with Crippen molar-refractivity contribution in [3.05, 3.63) is 24.4 Å². The van der Waals surface area contributed by atoms with Crippen molar-refractivity contribution in [1.82, 2.24) is 0 Å². The summed E-state index contributed by atoms with van der Waals surface area (Å²) in [6, 6.07) is 0.0544. The normalized spacial score (nSPS) is 16.2. The molecule has 0 radical (unpaired) electrons. The first kappa shape index (κ1) is 10.2. The highest BCUT2D eigenvalue weighted by molar-refractivity contribution is 5.16. The van der Waals surface area contributed by atoms with Gasteiger partial charge in [-0.25, -0.2) is 0 Å². The van der Waals surface area contributed by atoms with Gasteiger partial charge in [-0.15, -0.1) is 0 Å². The molecule has 0 heterocycles. The molecule has 0 aliphatic rings. The Morgan fingerprint density at radius 1 is 1.55 bits per heavy atom. The molecule has 11 heavy (non-hydrogen) atoms. The molecule has 64 valence electrons. The van der Waals surface area contributed by atoms with Gasteiger partial charge in [-0.1, -0.05) is 26.5 Å². The van der Waals surface area contributed by atoms with Crippen molar-refractivity contribution in [2.75, 3.05) is 0 Å². The van der Waals surface area contributed by atoms with Crippen LogP contribution in [0.15, 0.2) is 24.4 Å². The van der Waals surface area contributed by atoms with Crippen LogP contribution in [0.2, 0.25) is 0 Å². The van der Waals surface area contributed by atoms with Crippen molar-refractivity contribution < 1.29 is 0 Å². The van der Waals surface area contributed by atoms with Crippen LogP contribution >= 0.6 is 0 Å². The summed E-state index contributed by atoms with van der Waals surface area (Å²) in [6.45, 7) is 9.57. The van der Waals surface area contributed by atoms with Crippen molar-refractivity contribution in [1.29, 1.82) is 0 Å². The van der Waals surface area contributed by atoms with E-state index in [1.165, 1.54) is 0 Å². The molecular formula is C9H18N2. The summed E-state index contributed by atoms with van der Waals surface area (Å²) < 4.78 is 0. The molecule has 0 amide bonds. The minimum Gasteiger partial charge on any atom is -0.402 e. The Labute approximate surface area is 69.0 Å². The largest absolute Gasteiger partial charge is 0.402 e. The first-order chi connectivity index (χ1) is 4.92. The Kier molecular flexibility index (Phi) is 3.33. The third-order valence-corrected chi connectivity index (χ3v) is 2.18. The molecule has 0 aliphatic heterocycles. The molecule has 0 unspecified atom stereocenters. The fraction of sp³-hybridized carbons (Fsp3) is 0.556. The van der Waals surface area contributed by atoms with E-state index in [9.17, 15) is 0 Å². The van der Waals surface area contributed by atoms with Crippen molar-refractivity contribution in [2.45, 2.75) is 26.8 Å². The molecule has 2 heteroatoms. The Morgan fingerprint density at radius 3 is 2.27 bits per heavy atom. The van der Waals surface area contributed by atoms with Gasteiger partial charge in [0.1, 0.15) is 0 Å². The summed E-state index contributed by atoms with van der Waals surface area (Å²) in [5.41, 5.74) is 12.2. The van der Waals surface area contributed by atoms with Crippen LogP contribution in [0.25, 0.3) is 0 Å². The zero-order valence-corrected chi connectivity index (χ0v) is 7.59. The first-order valence-corrected chi connectivity index (χ1v) is 3.77. The van der Waals surface area contributed by atoms with E-state index < -0.39 is 0 Å². The van der Waals surface area contributed by atoms with Crippen LogP contribution in [0, 0.1) is 5.41 Å². The predicted octanol–water partition coefficient (Wildman–Crippen LogP) is 1.39. The van der Waals surface area contributed by atoms with Gasteiger partial charge in [0.05, 0.1) is 0 Å². The minimum atomic E-state index is -0.145. The second-order valence-corrected chi connectivity index (χ2v) is 3.37. The van der Waals surface area contributed by atoms with Gasteiger partial charge in [-0.05, 0) is 13.0 Å². The quantitative estimate of drug-likeness (QED) is 0.603. The Balaban J connectivity index is 4.54. The summed E-state index contributed by atoms with van der Waals surface area (Å²) in [5, 5.41) is 0. The molecule has 0 fully saturated rings. The van der Waals surface area contributed by atoms with E-state index in [4.69, 9.17) is 11.5 Å². The van der Waals surface area contributed by atoms with Crippen LogP contribution in [0.4, 0.5) is 0 Å². The summed E-state index contributed by atoms with van der Waals surface area (Å²) in [5.74, 6) is 0. The fourth-order valence-electron chi connectivity index (χ4n) is 0.605. The van der Waals surface area contributed by atoms with Crippen LogP contribution in [-0.2, 0) is 0 Å². The molecule has 0 aliphatic carbocycles. The van der Waals surface area contributed by atoms with E-state index in [1.807, 2.05) is 20.8 Å². The van der Waals surface area contributed by atoms with E-state index in [0.29, 0.717) is 0 Å². The minimum absolute atomic E-state index is 0.0544. The number of hydrogen-bond donors (Lipinski definition) is 2. The molecule has 0 aromatic heterocycles.